The lowest BCUT2D eigenvalue weighted by Gasteiger charge is -2.13. The number of aryl methyl sites for hydroxylation is 1. The van der Waals surface area contributed by atoms with Crippen LogP contribution in [0, 0.1) is 6.92 Å². The van der Waals surface area contributed by atoms with Crippen LogP contribution in [0.3, 0.4) is 0 Å². The number of carbonyl (C=O) groups excluding carboxylic acids is 2. The van der Waals surface area contributed by atoms with Gasteiger partial charge in [0.05, 0.1) is 6.54 Å². The smallest absolute Gasteiger partial charge is 0.326 e. The second-order valence-electron chi connectivity index (χ2n) is 4.11. The van der Waals surface area contributed by atoms with Crippen molar-refractivity contribution >= 4 is 29.2 Å². The summed E-state index contributed by atoms with van der Waals surface area (Å²) in [7, 11) is 0. The minimum absolute atomic E-state index is 0.0472. The summed E-state index contributed by atoms with van der Waals surface area (Å²) in [4.78, 5) is 37.3. The summed E-state index contributed by atoms with van der Waals surface area (Å²) < 4.78 is 0. The maximum Gasteiger partial charge on any atom is 0.326 e. The quantitative estimate of drug-likeness (QED) is 0.561. The molecule has 0 aliphatic rings. The number of hydrogen-bond acceptors (Lipinski definition) is 5. The van der Waals surface area contributed by atoms with Crippen molar-refractivity contribution < 1.29 is 19.5 Å². The van der Waals surface area contributed by atoms with Crippen LogP contribution in [-0.2, 0) is 16.1 Å². The van der Waals surface area contributed by atoms with Crippen molar-refractivity contribution in [3.05, 3.63) is 16.1 Å². The van der Waals surface area contributed by atoms with Crippen LogP contribution < -0.4 is 16.4 Å². The average molecular weight is 300 g/mol. The summed E-state index contributed by atoms with van der Waals surface area (Å²) in [6, 6.07) is -1.78. The molecule has 20 heavy (non-hydrogen) atoms. The van der Waals surface area contributed by atoms with E-state index in [9.17, 15) is 14.4 Å². The second kappa shape index (κ2) is 7.43. The molecule has 1 aromatic heterocycles. The van der Waals surface area contributed by atoms with Gasteiger partial charge in [-0.1, -0.05) is 0 Å². The Morgan fingerprint density at radius 2 is 2.20 bits per heavy atom. The fourth-order valence-corrected chi connectivity index (χ4v) is 2.10. The Morgan fingerprint density at radius 1 is 1.50 bits per heavy atom. The lowest BCUT2D eigenvalue weighted by atomic mass is 10.1. The zero-order chi connectivity index (χ0) is 15.1. The first-order valence-electron chi connectivity index (χ1n) is 5.85. The molecule has 110 valence electrons. The normalized spacial score (nSPS) is 11.7. The van der Waals surface area contributed by atoms with Gasteiger partial charge in [-0.3, -0.25) is 4.79 Å². The van der Waals surface area contributed by atoms with Gasteiger partial charge in [0, 0.05) is 17.5 Å². The SMILES string of the molecule is Cc1csc(CNC(=O)N[C@@H](CCC(N)=O)C(=O)O)n1. The summed E-state index contributed by atoms with van der Waals surface area (Å²) in [5.74, 6) is -1.83. The van der Waals surface area contributed by atoms with Crippen LogP contribution in [0.25, 0.3) is 0 Å². The third-order valence-corrected chi connectivity index (χ3v) is 3.32. The molecule has 1 rings (SSSR count). The van der Waals surface area contributed by atoms with E-state index in [4.69, 9.17) is 10.8 Å². The molecule has 5 N–H and O–H groups in total. The van der Waals surface area contributed by atoms with Gasteiger partial charge in [0.25, 0.3) is 0 Å². The van der Waals surface area contributed by atoms with Crippen molar-refractivity contribution in [3.63, 3.8) is 0 Å². The number of urea groups is 1. The van der Waals surface area contributed by atoms with Crippen molar-refractivity contribution in [3.8, 4) is 0 Å². The minimum atomic E-state index is -1.22. The Labute approximate surface area is 119 Å². The predicted molar refractivity (Wildman–Crippen MR) is 72.1 cm³/mol. The zero-order valence-electron chi connectivity index (χ0n) is 10.9. The molecule has 0 spiro atoms. The van der Waals surface area contributed by atoms with Crippen LogP contribution in [0.2, 0.25) is 0 Å². The molecule has 0 saturated carbocycles. The van der Waals surface area contributed by atoms with Crippen LogP contribution in [-0.4, -0.2) is 34.0 Å². The Kier molecular flexibility index (Phi) is 5.91. The molecule has 8 nitrogen and oxygen atoms in total. The standard InChI is InChI=1S/C11H16N4O4S/c1-6-5-20-9(14-6)4-13-11(19)15-7(10(17)18)2-3-8(12)16/h5,7H,2-4H2,1H3,(H2,12,16)(H,17,18)(H2,13,15,19)/t7-/m0/s1. The molecule has 0 bridgehead atoms. The Bertz CT molecular complexity index is 502. The molecule has 1 heterocycles. The van der Waals surface area contributed by atoms with E-state index < -0.39 is 23.9 Å². The number of rotatable bonds is 7. The maximum atomic E-state index is 11.6. The number of nitrogens with zero attached hydrogens (tertiary/aromatic N) is 1. The topological polar surface area (TPSA) is 134 Å². The van der Waals surface area contributed by atoms with Gasteiger partial charge >= 0.3 is 12.0 Å². The highest BCUT2D eigenvalue weighted by Crippen LogP contribution is 2.07. The molecular formula is C11H16N4O4S. The highest BCUT2D eigenvalue weighted by molar-refractivity contribution is 7.09. The number of amides is 3. The lowest BCUT2D eigenvalue weighted by molar-refractivity contribution is -0.139. The summed E-state index contributed by atoms with van der Waals surface area (Å²) in [5, 5.41) is 16.3. The van der Waals surface area contributed by atoms with Gasteiger partial charge in [0.15, 0.2) is 0 Å². The van der Waals surface area contributed by atoms with Crippen LogP contribution >= 0.6 is 11.3 Å². The highest BCUT2D eigenvalue weighted by atomic mass is 32.1. The van der Waals surface area contributed by atoms with E-state index in [0.29, 0.717) is 0 Å². The van der Waals surface area contributed by atoms with E-state index in [1.807, 2.05) is 12.3 Å². The molecule has 0 aromatic carbocycles. The number of nitrogens with two attached hydrogens (primary N) is 1. The molecule has 9 heteroatoms. The number of hydrogen-bond donors (Lipinski definition) is 4. The van der Waals surface area contributed by atoms with Crippen molar-refractivity contribution in [1.29, 1.82) is 0 Å². The Morgan fingerprint density at radius 3 is 2.70 bits per heavy atom. The van der Waals surface area contributed by atoms with E-state index in [1.165, 1.54) is 11.3 Å². The van der Waals surface area contributed by atoms with Crippen molar-refractivity contribution in [1.82, 2.24) is 15.6 Å². The molecule has 0 radical (unpaired) electrons. The monoisotopic (exact) mass is 300 g/mol. The predicted octanol–water partition coefficient (Wildman–Crippen LogP) is -0.0306. The third kappa shape index (κ3) is 5.65. The number of thiazole rings is 1. The molecule has 1 aromatic rings. The zero-order valence-corrected chi connectivity index (χ0v) is 11.7. The van der Waals surface area contributed by atoms with E-state index >= 15 is 0 Å². The highest BCUT2D eigenvalue weighted by Gasteiger charge is 2.20. The first-order valence-corrected chi connectivity index (χ1v) is 6.73. The van der Waals surface area contributed by atoms with E-state index in [0.717, 1.165) is 10.7 Å². The third-order valence-electron chi connectivity index (χ3n) is 2.35. The van der Waals surface area contributed by atoms with Gasteiger partial charge in [-0.05, 0) is 13.3 Å². The average Bonchev–Trinajstić information content (AvgIpc) is 2.77. The summed E-state index contributed by atoms with van der Waals surface area (Å²) in [6.07, 6.45) is -0.155. The number of primary amides is 1. The van der Waals surface area contributed by atoms with Crippen LogP contribution in [0.1, 0.15) is 23.5 Å². The van der Waals surface area contributed by atoms with Gasteiger partial charge in [0.1, 0.15) is 11.0 Å². The number of carboxylic acids is 1. The van der Waals surface area contributed by atoms with E-state index in [1.54, 1.807) is 0 Å². The second-order valence-corrected chi connectivity index (χ2v) is 5.05. The molecule has 0 saturated heterocycles. The van der Waals surface area contributed by atoms with Crippen LogP contribution in [0.5, 0.6) is 0 Å². The largest absolute Gasteiger partial charge is 0.480 e. The van der Waals surface area contributed by atoms with Crippen molar-refractivity contribution in [2.45, 2.75) is 32.4 Å². The number of carboxylic acid groups (broad SMARTS) is 1. The van der Waals surface area contributed by atoms with Gasteiger partial charge in [0.2, 0.25) is 5.91 Å². The first-order chi connectivity index (χ1) is 9.38. The Hall–Kier alpha value is -2.16. The molecule has 1 atom stereocenters. The summed E-state index contributed by atoms with van der Waals surface area (Å²) in [5.41, 5.74) is 5.80. The minimum Gasteiger partial charge on any atom is -0.480 e. The Balaban J connectivity index is 2.41. The van der Waals surface area contributed by atoms with Gasteiger partial charge in [-0.25, -0.2) is 14.6 Å². The molecule has 3 amide bonds. The summed E-state index contributed by atoms with van der Waals surface area (Å²) >= 11 is 1.40. The van der Waals surface area contributed by atoms with Gasteiger partial charge in [-0.15, -0.1) is 11.3 Å². The number of nitrogens with one attached hydrogen (secondary N) is 2. The van der Waals surface area contributed by atoms with Crippen LogP contribution in [0.15, 0.2) is 5.38 Å². The van der Waals surface area contributed by atoms with Gasteiger partial charge in [-0.2, -0.15) is 0 Å². The number of carbonyl (C=O) groups is 3. The lowest BCUT2D eigenvalue weighted by Crippen LogP contribution is -2.46. The molecule has 0 aliphatic heterocycles. The van der Waals surface area contributed by atoms with Crippen molar-refractivity contribution in [2.75, 3.05) is 0 Å². The first kappa shape index (κ1) is 15.9. The molecule has 0 aliphatic carbocycles. The molecule has 0 unspecified atom stereocenters. The maximum absolute atomic E-state index is 11.6. The van der Waals surface area contributed by atoms with E-state index in [-0.39, 0.29) is 19.4 Å². The van der Waals surface area contributed by atoms with Crippen LogP contribution in [0.4, 0.5) is 4.79 Å². The number of aliphatic carboxylic acids is 1. The molecular weight excluding hydrogens is 284 g/mol. The van der Waals surface area contributed by atoms with Crippen molar-refractivity contribution in [2.24, 2.45) is 5.73 Å². The fourth-order valence-electron chi connectivity index (χ4n) is 1.39. The fraction of sp³-hybridized carbons (Fsp3) is 0.455. The number of aromatic nitrogens is 1. The summed E-state index contributed by atoms with van der Waals surface area (Å²) in [6.45, 7) is 2.05. The van der Waals surface area contributed by atoms with E-state index in [2.05, 4.69) is 15.6 Å². The molecule has 0 fully saturated rings. The van der Waals surface area contributed by atoms with Gasteiger partial charge < -0.3 is 21.5 Å².